The van der Waals surface area contributed by atoms with Gasteiger partial charge in [0, 0.05) is 11.6 Å². The molecule has 2 heterocycles. The van der Waals surface area contributed by atoms with Gasteiger partial charge in [0.05, 0.1) is 5.39 Å². The highest BCUT2D eigenvalue weighted by atomic mass is 16.3. The van der Waals surface area contributed by atoms with Gasteiger partial charge < -0.3 is 4.42 Å². The minimum absolute atomic E-state index is 0.594. The molecule has 0 aliphatic heterocycles. The zero-order valence-corrected chi connectivity index (χ0v) is 6.69. The van der Waals surface area contributed by atoms with Gasteiger partial charge in [-0.05, 0) is 6.07 Å². The molecule has 61 valence electrons. The third-order valence-corrected chi connectivity index (χ3v) is 2.02. The van der Waals surface area contributed by atoms with E-state index in [4.69, 9.17) is 4.42 Å². The first-order chi connectivity index (χ1) is 6.45. The maximum absolute atomic E-state index is 5.47. The lowest BCUT2D eigenvalue weighted by Gasteiger charge is -1.83. The molecule has 3 rings (SSSR count). The van der Waals surface area contributed by atoms with E-state index in [2.05, 4.69) is 16.3 Å². The van der Waals surface area contributed by atoms with Crippen LogP contribution in [-0.4, -0.2) is 9.97 Å². The zero-order valence-electron chi connectivity index (χ0n) is 6.69. The molecule has 0 saturated heterocycles. The summed E-state index contributed by atoms with van der Waals surface area (Å²) in [7, 11) is 0. The molecule has 3 nitrogen and oxygen atoms in total. The lowest BCUT2D eigenvalue weighted by atomic mass is 10.2. The molecule has 0 aliphatic carbocycles. The van der Waals surface area contributed by atoms with Crippen LogP contribution < -0.4 is 0 Å². The van der Waals surface area contributed by atoms with Gasteiger partial charge in [0.1, 0.15) is 5.58 Å². The van der Waals surface area contributed by atoms with Crippen molar-refractivity contribution < 1.29 is 4.42 Å². The number of fused-ring (bicyclic) bond motifs is 3. The Morgan fingerprint density at radius 2 is 2.08 bits per heavy atom. The number of aromatic nitrogens is 2. The third kappa shape index (κ3) is 0.839. The van der Waals surface area contributed by atoms with Gasteiger partial charge in [-0.2, -0.15) is 4.98 Å². The largest absolute Gasteiger partial charge is 0.438 e. The summed E-state index contributed by atoms with van der Waals surface area (Å²) in [5, 5.41) is 1.99. The quantitative estimate of drug-likeness (QED) is 0.517. The highest BCUT2D eigenvalue weighted by molar-refractivity contribution is 6.02. The SMILES string of the molecule is [c]1ncc2c(n1)oc1ccccc12. The lowest BCUT2D eigenvalue weighted by molar-refractivity contribution is 0.652. The fourth-order valence-electron chi connectivity index (χ4n) is 1.43. The van der Waals surface area contributed by atoms with Gasteiger partial charge in [0.15, 0.2) is 0 Å². The van der Waals surface area contributed by atoms with Crippen LogP contribution in [-0.2, 0) is 0 Å². The number of benzene rings is 1. The summed E-state index contributed by atoms with van der Waals surface area (Å²) in [5.74, 6) is 0. The van der Waals surface area contributed by atoms with Crippen molar-refractivity contribution in [2.75, 3.05) is 0 Å². The van der Waals surface area contributed by atoms with Gasteiger partial charge in [-0.3, -0.25) is 0 Å². The second kappa shape index (κ2) is 2.29. The van der Waals surface area contributed by atoms with E-state index < -0.39 is 0 Å². The standard InChI is InChI=1S/C10H5N2O/c1-2-4-9-7(3-1)8-5-11-6-12-10(8)13-9/h1-5H. The van der Waals surface area contributed by atoms with E-state index in [0.29, 0.717) is 5.71 Å². The molecule has 0 N–H and O–H groups in total. The second-order valence-corrected chi connectivity index (χ2v) is 2.79. The third-order valence-electron chi connectivity index (χ3n) is 2.02. The summed E-state index contributed by atoms with van der Waals surface area (Å²) in [6.07, 6.45) is 4.22. The Bertz CT molecular complexity index is 521. The van der Waals surface area contributed by atoms with Crippen molar-refractivity contribution in [2.24, 2.45) is 0 Å². The van der Waals surface area contributed by atoms with Crippen molar-refractivity contribution in [2.45, 2.75) is 0 Å². The Kier molecular flexibility index (Phi) is 1.16. The molecular weight excluding hydrogens is 164 g/mol. The molecule has 3 heteroatoms. The Morgan fingerprint density at radius 3 is 3.08 bits per heavy atom. The van der Waals surface area contributed by atoms with E-state index in [9.17, 15) is 0 Å². The van der Waals surface area contributed by atoms with Crippen LogP contribution in [0.15, 0.2) is 34.9 Å². The van der Waals surface area contributed by atoms with E-state index in [-0.39, 0.29) is 0 Å². The maximum atomic E-state index is 5.47. The smallest absolute Gasteiger partial charge is 0.231 e. The molecule has 0 atom stereocenters. The molecule has 1 aromatic carbocycles. The molecule has 13 heavy (non-hydrogen) atoms. The highest BCUT2D eigenvalue weighted by Crippen LogP contribution is 2.25. The fourth-order valence-corrected chi connectivity index (χ4v) is 1.43. The summed E-state index contributed by atoms with van der Waals surface area (Å²) >= 11 is 0. The van der Waals surface area contributed by atoms with Crippen LogP contribution in [0.3, 0.4) is 0 Å². The fraction of sp³-hybridized carbons (Fsp3) is 0. The number of hydrogen-bond donors (Lipinski definition) is 0. The summed E-state index contributed by atoms with van der Waals surface area (Å²) in [6, 6.07) is 7.80. The van der Waals surface area contributed by atoms with E-state index in [0.717, 1.165) is 16.4 Å². The maximum Gasteiger partial charge on any atom is 0.231 e. The minimum atomic E-state index is 0.594. The predicted molar refractivity (Wildman–Crippen MR) is 48.1 cm³/mol. The van der Waals surface area contributed by atoms with E-state index in [1.54, 1.807) is 6.20 Å². The van der Waals surface area contributed by atoms with Crippen LogP contribution in [0.1, 0.15) is 0 Å². The van der Waals surface area contributed by atoms with Gasteiger partial charge in [-0.1, -0.05) is 18.2 Å². The predicted octanol–water partition coefficient (Wildman–Crippen LogP) is 2.18. The number of furan rings is 1. The second-order valence-electron chi connectivity index (χ2n) is 2.79. The lowest BCUT2D eigenvalue weighted by Crippen LogP contribution is -1.75. The Morgan fingerprint density at radius 1 is 1.15 bits per heavy atom. The van der Waals surface area contributed by atoms with Crippen LogP contribution >= 0.6 is 0 Å². The van der Waals surface area contributed by atoms with Crippen LogP contribution in [0.5, 0.6) is 0 Å². The molecule has 0 saturated carbocycles. The normalized spacial score (nSPS) is 11.1. The van der Waals surface area contributed by atoms with Crippen molar-refractivity contribution in [3.63, 3.8) is 0 Å². The average Bonchev–Trinajstić information content (AvgIpc) is 2.56. The van der Waals surface area contributed by atoms with Crippen molar-refractivity contribution in [3.05, 3.63) is 36.8 Å². The van der Waals surface area contributed by atoms with Gasteiger partial charge in [-0.15, -0.1) is 0 Å². The Balaban J connectivity index is 2.64. The molecule has 0 aliphatic rings. The van der Waals surface area contributed by atoms with Gasteiger partial charge >= 0.3 is 0 Å². The summed E-state index contributed by atoms with van der Waals surface area (Å²) in [6.45, 7) is 0. The van der Waals surface area contributed by atoms with Gasteiger partial charge in [0.2, 0.25) is 12.0 Å². The molecule has 1 radical (unpaired) electrons. The van der Waals surface area contributed by atoms with E-state index in [1.165, 1.54) is 0 Å². The van der Waals surface area contributed by atoms with Crippen LogP contribution in [0, 0.1) is 6.33 Å². The first-order valence-electron chi connectivity index (χ1n) is 3.95. The van der Waals surface area contributed by atoms with Crippen LogP contribution in [0.25, 0.3) is 22.1 Å². The first kappa shape index (κ1) is 6.60. The molecule has 2 aromatic heterocycles. The van der Waals surface area contributed by atoms with Gasteiger partial charge in [0.25, 0.3) is 0 Å². The Hall–Kier alpha value is -1.90. The summed E-state index contributed by atoms with van der Waals surface area (Å²) in [5.41, 5.74) is 1.43. The molecule has 0 spiro atoms. The first-order valence-corrected chi connectivity index (χ1v) is 3.95. The molecule has 0 bridgehead atoms. The average molecular weight is 169 g/mol. The minimum Gasteiger partial charge on any atom is -0.438 e. The molecular formula is C10H5N2O. The Labute approximate surface area is 74.0 Å². The van der Waals surface area contributed by atoms with E-state index >= 15 is 0 Å². The molecule has 0 amide bonds. The van der Waals surface area contributed by atoms with Gasteiger partial charge in [-0.25, -0.2) is 4.98 Å². The number of rotatable bonds is 0. The van der Waals surface area contributed by atoms with Crippen LogP contribution in [0.4, 0.5) is 0 Å². The summed E-state index contributed by atoms with van der Waals surface area (Å²) < 4.78 is 5.47. The molecule has 3 aromatic rings. The van der Waals surface area contributed by atoms with Crippen molar-refractivity contribution in [1.82, 2.24) is 9.97 Å². The monoisotopic (exact) mass is 169 g/mol. The molecule has 0 unspecified atom stereocenters. The zero-order chi connectivity index (χ0) is 8.67. The summed E-state index contributed by atoms with van der Waals surface area (Å²) in [4.78, 5) is 7.75. The van der Waals surface area contributed by atoms with Crippen molar-refractivity contribution in [3.8, 4) is 0 Å². The van der Waals surface area contributed by atoms with E-state index in [1.807, 2.05) is 24.3 Å². The highest BCUT2D eigenvalue weighted by Gasteiger charge is 2.05. The molecule has 0 fully saturated rings. The van der Waals surface area contributed by atoms with Crippen LogP contribution in [0.2, 0.25) is 0 Å². The van der Waals surface area contributed by atoms with Crippen molar-refractivity contribution in [1.29, 1.82) is 0 Å². The topological polar surface area (TPSA) is 38.9 Å². The number of para-hydroxylation sites is 1. The van der Waals surface area contributed by atoms with Crippen molar-refractivity contribution >= 4 is 22.1 Å². The number of hydrogen-bond acceptors (Lipinski definition) is 3. The number of nitrogens with zero attached hydrogens (tertiary/aromatic N) is 2.